The number of aryl methyl sites for hydroxylation is 1. The first-order valence-electron chi connectivity index (χ1n) is 4.86. The van der Waals surface area contributed by atoms with E-state index in [1.54, 1.807) is 12.1 Å². The maximum absolute atomic E-state index is 13.1. The maximum Gasteiger partial charge on any atom is 0.297 e. The topological polar surface area (TPSA) is 43.4 Å². The average Bonchev–Trinajstić information content (AvgIpc) is 2.15. The Bertz CT molecular complexity index is 443. The minimum absolute atomic E-state index is 0.0438. The third-order valence-electron chi connectivity index (χ3n) is 1.87. The summed E-state index contributed by atoms with van der Waals surface area (Å²) < 4.78 is 40.9. The third-order valence-corrected chi connectivity index (χ3v) is 3.14. The van der Waals surface area contributed by atoms with Crippen LogP contribution in [-0.4, -0.2) is 20.7 Å². The molecule has 0 unspecified atom stereocenters. The lowest BCUT2D eigenvalue weighted by Gasteiger charge is -2.13. The fourth-order valence-corrected chi connectivity index (χ4v) is 2.03. The van der Waals surface area contributed by atoms with E-state index in [1.807, 2.05) is 6.92 Å². The lowest BCUT2D eigenvalue weighted by Crippen LogP contribution is -2.23. The molecule has 90 valence electrons. The zero-order valence-corrected chi connectivity index (χ0v) is 10.3. The quantitative estimate of drug-likeness (QED) is 0.766. The zero-order valence-electron chi connectivity index (χ0n) is 9.53. The Kier molecular flexibility index (Phi) is 3.70. The van der Waals surface area contributed by atoms with Crippen LogP contribution in [0.25, 0.3) is 0 Å². The number of benzene rings is 1. The van der Waals surface area contributed by atoms with Crippen molar-refractivity contribution in [1.82, 2.24) is 0 Å². The van der Waals surface area contributed by atoms with Gasteiger partial charge in [0.1, 0.15) is 12.3 Å². The highest BCUT2D eigenvalue weighted by Gasteiger charge is 2.22. The normalized spacial score (nSPS) is 12.8. The Morgan fingerprint density at radius 3 is 2.19 bits per heavy atom. The van der Waals surface area contributed by atoms with Gasteiger partial charge in [-0.3, -0.25) is 4.18 Å². The van der Waals surface area contributed by atoms with Crippen LogP contribution in [0.1, 0.15) is 19.4 Å². The molecule has 1 aromatic carbocycles. The lowest BCUT2D eigenvalue weighted by molar-refractivity contribution is 0.124. The van der Waals surface area contributed by atoms with Crippen LogP contribution in [0, 0.1) is 6.92 Å². The SMILES string of the molecule is Cc1ccc(S(=O)(=O)OCC(C)(C)F)cc1. The first-order chi connectivity index (χ1) is 7.21. The summed E-state index contributed by atoms with van der Waals surface area (Å²) in [5, 5.41) is 0. The molecule has 0 amide bonds. The van der Waals surface area contributed by atoms with Crippen LogP contribution in [0.15, 0.2) is 29.2 Å². The molecular formula is C11H15FO3S. The molecule has 0 aliphatic rings. The molecule has 5 heteroatoms. The van der Waals surface area contributed by atoms with Crippen molar-refractivity contribution in [2.45, 2.75) is 31.3 Å². The van der Waals surface area contributed by atoms with Crippen LogP contribution in [-0.2, 0) is 14.3 Å². The summed E-state index contributed by atoms with van der Waals surface area (Å²) in [5.41, 5.74) is -0.720. The summed E-state index contributed by atoms with van der Waals surface area (Å²) in [4.78, 5) is 0.0438. The van der Waals surface area contributed by atoms with E-state index < -0.39 is 22.4 Å². The molecule has 1 rings (SSSR count). The minimum atomic E-state index is -3.85. The average molecular weight is 246 g/mol. The molecule has 0 aliphatic heterocycles. The third kappa shape index (κ3) is 3.90. The van der Waals surface area contributed by atoms with Crippen LogP contribution in [0.5, 0.6) is 0 Å². The van der Waals surface area contributed by atoms with E-state index in [1.165, 1.54) is 26.0 Å². The molecule has 0 aliphatic carbocycles. The molecule has 0 aromatic heterocycles. The summed E-state index contributed by atoms with van der Waals surface area (Å²) in [7, 11) is -3.85. The van der Waals surface area contributed by atoms with Crippen LogP contribution in [0.3, 0.4) is 0 Å². The fourth-order valence-electron chi connectivity index (χ4n) is 0.991. The van der Waals surface area contributed by atoms with Gasteiger partial charge in [0.15, 0.2) is 0 Å². The summed E-state index contributed by atoms with van der Waals surface area (Å²) in [6, 6.07) is 6.21. The van der Waals surface area contributed by atoms with Crippen LogP contribution in [0.4, 0.5) is 4.39 Å². The van der Waals surface area contributed by atoms with E-state index in [-0.39, 0.29) is 4.90 Å². The van der Waals surface area contributed by atoms with Gasteiger partial charge in [0.25, 0.3) is 10.1 Å². The Hall–Kier alpha value is -0.940. The van der Waals surface area contributed by atoms with Crippen LogP contribution >= 0.6 is 0 Å². The van der Waals surface area contributed by atoms with Gasteiger partial charge in [-0.2, -0.15) is 8.42 Å². The summed E-state index contributed by atoms with van der Waals surface area (Å²) >= 11 is 0. The van der Waals surface area contributed by atoms with Crippen molar-refractivity contribution in [3.05, 3.63) is 29.8 Å². The molecule has 3 nitrogen and oxygen atoms in total. The van der Waals surface area contributed by atoms with Gasteiger partial charge in [-0.1, -0.05) is 17.7 Å². The number of halogens is 1. The van der Waals surface area contributed by atoms with E-state index in [9.17, 15) is 12.8 Å². The van der Waals surface area contributed by atoms with E-state index in [0.29, 0.717) is 0 Å². The van der Waals surface area contributed by atoms with E-state index >= 15 is 0 Å². The molecule has 0 bridgehead atoms. The number of alkyl halides is 1. The van der Waals surface area contributed by atoms with Gasteiger partial charge in [-0.15, -0.1) is 0 Å². The first kappa shape index (κ1) is 13.1. The Morgan fingerprint density at radius 2 is 1.75 bits per heavy atom. The summed E-state index contributed by atoms with van der Waals surface area (Å²) in [5.74, 6) is 0. The van der Waals surface area contributed by atoms with Crippen molar-refractivity contribution in [3.63, 3.8) is 0 Å². The molecular weight excluding hydrogens is 231 g/mol. The van der Waals surface area contributed by atoms with Crippen molar-refractivity contribution >= 4 is 10.1 Å². The van der Waals surface area contributed by atoms with E-state index in [2.05, 4.69) is 4.18 Å². The molecule has 0 saturated carbocycles. The molecule has 0 fully saturated rings. The molecule has 0 saturated heterocycles. The minimum Gasteiger partial charge on any atom is -0.263 e. The largest absolute Gasteiger partial charge is 0.297 e. The maximum atomic E-state index is 13.1. The molecule has 0 radical (unpaired) electrons. The second kappa shape index (κ2) is 4.51. The highest BCUT2D eigenvalue weighted by Crippen LogP contribution is 2.16. The van der Waals surface area contributed by atoms with Crippen molar-refractivity contribution in [1.29, 1.82) is 0 Å². The molecule has 0 heterocycles. The van der Waals surface area contributed by atoms with Gasteiger partial charge in [-0.25, -0.2) is 4.39 Å². The molecule has 16 heavy (non-hydrogen) atoms. The van der Waals surface area contributed by atoms with Gasteiger partial charge >= 0.3 is 0 Å². The fraction of sp³-hybridized carbons (Fsp3) is 0.455. The summed E-state index contributed by atoms with van der Waals surface area (Å²) in [6.45, 7) is 3.89. The molecule has 0 spiro atoms. The number of rotatable bonds is 4. The highest BCUT2D eigenvalue weighted by molar-refractivity contribution is 7.86. The zero-order chi connectivity index (χ0) is 12.4. The van der Waals surface area contributed by atoms with Gasteiger partial charge in [0.05, 0.1) is 4.90 Å². The van der Waals surface area contributed by atoms with E-state index in [4.69, 9.17) is 0 Å². The first-order valence-corrected chi connectivity index (χ1v) is 6.26. The van der Waals surface area contributed by atoms with Crippen molar-refractivity contribution in [2.24, 2.45) is 0 Å². The van der Waals surface area contributed by atoms with Gasteiger partial charge in [0, 0.05) is 0 Å². The second-order valence-corrected chi connectivity index (χ2v) is 5.86. The highest BCUT2D eigenvalue weighted by atomic mass is 32.2. The lowest BCUT2D eigenvalue weighted by atomic mass is 10.2. The van der Waals surface area contributed by atoms with E-state index in [0.717, 1.165) is 5.56 Å². The molecule has 0 atom stereocenters. The Balaban J connectivity index is 2.83. The molecule has 1 aromatic rings. The number of hydrogen-bond acceptors (Lipinski definition) is 3. The molecule has 0 N–H and O–H groups in total. The second-order valence-electron chi connectivity index (χ2n) is 4.25. The predicted molar refractivity (Wildman–Crippen MR) is 59.5 cm³/mol. The van der Waals surface area contributed by atoms with Gasteiger partial charge < -0.3 is 0 Å². The Morgan fingerprint density at radius 1 is 1.25 bits per heavy atom. The van der Waals surface area contributed by atoms with Crippen LogP contribution in [0.2, 0.25) is 0 Å². The van der Waals surface area contributed by atoms with Gasteiger partial charge in [0.2, 0.25) is 0 Å². The van der Waals surface area contributed by atoms with Gasteiger partial charge in [-0.05, 0) is 32.9 Å². The van der Waals surface area contributed by atoms with Crippen molar-refractivity contribution in [2.75, 3.05) is 6.61 Å². The summed E-state index contributed by atoms with van der Waals surface area (Å²) in [6.07, 6.45) is 0. The van der Waals surface area contributed by atoms with Crippen molar-refractivity contribution < 1.29 is 17.0 Å². The monoisotopic (exact) mass is 246 g/mol. The Labute approximate surface area is 95.4 Å². The van der Waals surface area contributed by atoms with Crippen LogP contribution < -0.4 is 0 Å². The standard InChI is InChI=1S/C11H15FO3S/c1-9-4-6-10(7-5-9)16(13,14)15-8-11(2,3)12/h4-7H,8H2,1-3H3. The predicted octanol–water partition coefficient (Wildman–Crippen LogP) is 2.45. The smallest absolute Gasteiger partial charge is 0.263 e. The van der Waals surface area contributed by atoms with Crippen molar-refractivity contribution in [3.8, 4) is 0 Å². The number of hydrogen-bond donors (Lipinski definition) is 0.